The summed E-state index contributed by atoms with van der Waals surface area (Å²) in [6.07, 6.45) is 3.98. The van der Waals surface area contributed by atoms with Gasteiger partial charge < -0.3 is 15.0 Å². The van der Waals surface area contributed by atoms with E-state index in [1.54, 1.807) is 7.11 Å². The summed E-state index contributed by atoms with van der Waals surface area (Å²) in [5, 5.41) is 4.42. The van der Waals surface area contributed by atoms with Crippen molar-refractivity contribution < 1.29 is 4.74 Å². The van der Waals surface area contributed by atoms with Gasteiger partial charge in [0.25, 0.3) is 0 Å². The van der Waals surface area contributed by atoms with E-state index in [1.165, 1.54) is 24.9 Å². The summed E-state index contributed by atoms with van der Waals surface area (Å²) >= 11 is 6.18. The second kappa shape index (κ2) is 5.82. The van der Waals surface area contributed by atoms with Crippen molar-refractivity contribution in [2.45, 2.75) is 32.2 Å². The molecule has 1 aromatic rings. The molecule has 1 aliphatic carbocycles. The van der Waals surface area contributed by atoms with E-state index >= 15 is 0 Å². The Morgan fingerprint density at radius 2 is 2.15 bits per heavy atom. The molecule has 4 heteroatoms. The molecule has 1 saturated carbocycles. The standard InChI is InChI=1S/C16H23ClN2O/c1-11-7-15(16(20-2)8-14(11)17)19-6-5-12(10-19)9-18-13-3-4-13/h7-8,12-13,18H,3-6,9-10H2,1-2H3. The third-order valence-corrected chi connectivity index (χ3v) is 4.77. The maximum absolute atomic E-state index is 6.18. The average molecular weight is 295 g/mol. The van der Waals surface area contributed by atoms with Crippen LogP contribution < -0.4 is 15.0 Å². The van der Waals surface area contributed by atoms with Crippen molar-refractivity contribution in [3.05, 3.63) is 22.7 Å². The molecule has 1 unspecified atom stereocenters. The van der Waals surface area contributed by atoms with Crippen LogP contribution in [-0.2, 0) is 0 Å². The molecule has 1 atom stereocenters. The van der Waals surface area contributed by atoms with Gasteiger partial charge >= 0.3 is 0 Å². The highest BCUT2D eigenvalue weighted by atomic mass is 35.5. The number of ether oxygens (including phenoxy) is 1. The lowest BCUT2D eigenvalue weighted by Crippen LogP contribution is -2.27. The molecule has 0 radical (unpaired) electrons. The highest BCUT2D eigenvalue weighted by molar-refractivity contribution is 6.31. The molecule has 3 rings (SSSR count). The summed E-state index contributed by atoms with van der Waals surface area (Å²) in [5.41, 5.74) is 2.30. The lowest BCUT2D eigenvalue weighted by molar-refractivity contribution is 0.414. The number of aryl methyl sites for hydroxylation is 1. The fraction of sp³-hybridized carbons (Fsp3) is 0.625. The largest absolute Gasteiger partial charge is 0.495 e. The summed E-state index contributed by atoms with van der Waals surface area (Å²) in [5.74, 6) is 1.63. The Morgan fingerprint density at radius 3 is 2.85 bits per heavy atom. The van der Waals surface area contributed by atoms with Gasteiger partial charge in [-0.2, -0.15) is 0 Å². The number of nitrogens with zero attached hydrogens (tertiary/aromatic N) is 1. The van der Waals surface area contributed by atoms with Crippen LogP contribution in [0.3, 0.4) is 0 Å². The third kappa shape index (κ3) is 3.04. The van der Waals surface area contributed by atoms with Gasteiger partial charge in [-0.25, -0.2) is 0 Å². The minimum Gasteiger partial charge on any atom is -0.495 e. The Bertz CT molecular complexity index is 488. The van der Waals surface area contributed by atoms with E-state index in [2.05, 4.69) is 16.3 Å². The van der Waals surface area contributed by atoms with Gasteiger partial charge in [0.1, 0.15) is 5.75 Å². The number of hydrogen-bond donors (Lipinski definition) is 1. The minimum atomic E-state index is 0.747. The summed E-state index contributed by atoms with van der Waals surface area (Å²) in [7, 11) is 1.71. The second-order valence-corrected chi connectivity index (χ2v) is 6.46. The van der Waals surface area contributed by atoms with E-state index in [1.807, 2.05) is 13.0 Å². The SMILES string of the molecule is COc1cc(Cl)c(C)cc1N1CCC(CNC2CC2)C1. The van der Waals surface area contributed by atoms with Gasteiger partial charge in [0.15, 0.2) is 0 Å². The van der Waals surface area contributed by atoms with Crippen LogP contribution in [0.25, 0.3) is 0 Å². The normalized spacial score (nSPS) is 22.4. The van der Waals surface area contributed by atoms with Gasteiger partial charge in [-0.1, -0.05) is 11.6 Å². The molecule has 1 aliphatic heterocycles. The Balaban J connectivity index is 1.68. The highest BCUT2D eigenvalue weighted by Gasteiger charge is 2.27. The molecule has 3 nitrogen and oxygen atoms in total. The maximum Gasteiger partial charge on any atom is 0.143 e. The topological polar surface area (TPSA) is 24.5 Å². The van der Waals surface area contributed by atoms with Crippen molar-refractivity contribution in [2.24, 2.45) is 5.92 Å². The zero-order valence-corrected chi connectivity index (χ0v) is 13.0. The number of hydrogen-bond acceptors (Lipinski definition) is 3. The molecule has 2 aliphatic rings. The first-order valence-corrected chi connectivity index (χ1v) is 7.87. The zero-order valence-electron chi connectivity index (χ0n) is 12.3. The van der Waals surface area contributed by atoms with E-state index in [0.29, 0.717) is 0 Å². The minimum absolute atomic E-state index is 0.747. The second-order valence-electron chi connectivity index (χ2n) is 6.06. The van der Waals surface area contributed by atoms with Gasteiger partial charge in [-0.15, -0.1) is 0 Å². The van der Waals surface area contributed by atoms with Crippen LogP contribution in [0, 0.1) is 12.8 Å². The van der Waals surface area contributed by atoms with Crippen LogP contribution in [0.4, 0.5) is 5.69 Å². The molecule has 0 amide bonds. The fourth-order valence-electron chi connectivity index (χ4n) is 2.90. The van der Waals surface area contributed by atoms with E-state index in [4.69, 9.17) is 16.3 Å². The maximum atomic E-state index is 6.18. The highest BCUT2D eigenvalue weighted by Crippen LogP contribution is 2.36. The number of halogens is 1. The summed E-state index contributed by atoms with van der Waals surface area (Å²) < 4.78 is 5.50. The van der Waals surface area contributed by atoms with E-state index < -0.39 is 0 Å². The van der Waals surface area contributed by atoms with Crippen LogP contribution in [0.1, 0.15) is 24.8 Å². The van der Waals surface area contributed by atoms with Crippen molar-refractivity contribution in [2.75, 3.05) is 31.6 Å². The Labute approximate surface area is 126 Å². The smallest absolute Gasteiger partial charge is 0.143 e. The Morgan fingerprint density at radius 1 is 1.35 bits per heavy atom. The quantitative estimate of drug-likeness (QED) is 0.902. The molecule has 1 aromatic carbocycles. The molecule has 1 N–H and O–H groups in total. The van der Waals surface area contributed by atoms with Crippen molar-refractivity contribution in [3.8, 4) is 5.75 Å². The molecule has 1 saturated heterocycles. The Kier molecular flexibility index (Phi) is 4.08. The first-order chi connectivity index (χ1) is 9.67. The number of rotatable bonds is 5. The average Bonchev–Trinajstić information content (AvgIpc) is 3.16. The molecule has 0 aromatic heterocycles. The molecule has 110 valence electrons. The van der Waals surface area contributed by atoms with E-state index in [-0.39, 0.29) is 0 Å². The van der Waals surface area contributed by atoms with Gasteiger partial charge in [-0.3, -0.25) is 0 Å². The molecule has 20 heavy (non-hydrogen) atoms. The Hall–Kier alpha value is -0.930. The molecule has 0 spiro atoms. The van der Waals surface area contributed by atoms with Crippen molar-refractivity contribution in [1.29, 1.82) is 0 Å². The molecule has 1 heterocycles. The fourth-order valence-corrected chi connectivity index (χ4v) is 3.05. The number of benzene rings is 1. The van der Waals surface area contributed by atoms with Gasteiger partial charge in [0.05, 0.1) is 12.8 Å². The van der Waals surface area contributed by atoms with Crippen LogP contribution in [0.2, 0.25) is 5.02 Å². The first-order valence-electron chi connectivity index (χ1n) is 7.50. The molecular formula is C16H23ClN2O. The van der Waals surface area contributed by atoms with Gasteiger partial charge in [0.2, 0.25) is 0 Å². The van der Waals surface area contributed by atoms with Crippen LogP contribution in [0.15, 0.2) is 12.1 Å². The predicted molar refractivity (Wildman–Crippen MR) is 84.1 cm³/mol. The number of nitrogens with one attached hydrogen (secondary N) is 1. The van der Waals surface area contributed by atoms with Crippen LogP contribution >= 0.6 is 11.6 Å². The lowest BCUT2D eigenvalue weighted by Gasteiger charge is -2.22. The monoisotopic (exact) mass is 294 g/mol. The van der Waals surface area contributed by atoms with Gasteiger partial charge in [-0.05, 0) is 50.3 Å². The summed E-state index contributed by atoms with van der Waals surface area (Å²) in [4.78, 5) is 2.43. The van der Waals surface area contributed by atoms with Crippen molar-refractivity contribution >= 4 is 17.3 Å². The number of anilines is 1. The number of methoxy groups -OCH3 is 1. The molecule has 2 fully saturated rings. The van der Waals surface area contributed by atoms with Crippen molar-refractivity contribution in [1.82, 2.24) is 5.32 Å². The summed E-state index contributed by atoms with van der Waals surface area (Å²) in [6, 6.07) is 4.89. The first kappa shape index (κ1) is 14.0. The lowest BCUT2D eigenvalue weighted by atomic mass is 10.1. The molecular weight excluding hydrogens is 272 g/mol. The molecule has 0 bridgehead atoms. The van der Waals surface area contributed by atoms with Gasteiger partial charge in [0, 0.05) is 30.2 Å². The third-order valence-electron chi connectivity index (χ3n) is 4.36. The summed E-state index contributed by atoms with van der Waals surface area (Å²) in [6.45, 7) is 5.41. The van der Waals surface area contributed by atoms with Crippen LogP contribution in [0.5, 0.6) is 5.75 Å². The zero-order chi connectivity index (χ0) is 14.1. The van der Waals surface area contributed by atoms with Crippen molar-refractivity contribution in [3.63, 3.8) is 0 Å². The predicted octanol–water partition coefficient (Wildman–Crippen LogP) is 3.24. The van der Waals surface area contributed by atoms with E-state index in [0.717, 1.165) is 47.9 Å². The van der Waals surface area contributed by atoms with E-state index in [9.17, 15) is 0 Å². The van der Waals surface area contributed by atoms with Crippen LogP contribution in [-0.4, -0.2) is 32.8 Å².